The van der Waals surface area contributed by atoms with E-state index in [9.17, 15) is 5.11 Å². The first-order valence-corrected chi connectivity index (χ1v) is 8.17. The van der Waals surface area contributed by atoms with E-state index in [1.165, 1.54) is 49.7 Å². The van der Waals surface area contributed by atoms with Crippen molar-refractivity contribution in [3.63, 3.8) is 0 Å². The van der Waals surface area contributed by atoms with Crippen LogP contribution in [0, 0.1) is 5.92 Å². The second kappa shape index (κ2) is 5.50. The Morgan fingerprint density at radius 1 is 1.20 bits per heavy atom. The molecular weight excluding hydrogens is 246 g/mol. The molecule has 2 N–H and O–H groups in total. The van der Waals surface area contributed by atoms with Gasteiger partial charge >= 0.3 is 0 Å². The third-order valence-corrected chi connectivity index (χ3v) is 5.04. The third kappa shape index (κ3) is 2.77. The number of hydrogen-bond donors (Lipinski definition) is 2. The molecule has 0 aromatic heterocycles. The second-order valence-corrected chi connectivity index (χ2v) is 6.92. The average Bonchev–Trinajstić information content (AvgIpc) is 3.28. The second-order valence-electron chi connectivity index (χ2n) is 6.92. The standard InChI is InChI=1S/C18H27NO/c1-13(2)18(20,12-19-17-9-10-17)16-8-7-14-5-3-4-6-15(14)11-16/h7-8,11,13,17,19-20H,3-6,9-10,12H2,1-2H3. The van der Waals surface area contributed by atoms with Crippen LogP contribution in [0.4, 0.5) is 0 Å². The van der Waals surface area contributed by atoms with Crippen LogP contribution in [0.3, 0.4) is 0 Å². The van der Waals surface area contributed by atoms with Crippen LogP contribution in [-0.2, 0) is 18.4 Å². The van der Waals surface area contributed by atoms with Crippen molar-refractivity contribution < 1.29 is 5.11 Å². The van der Waals surface area contributed by atoms with Crippen LogP contribution in [0.5, 0.6) is 0 Å². The molecule has 2 nitrogen and oxygen atoms in total. The van der Waals surface area contributed by atoms with Crippen LogP contribution in [0.25, 0.3) is 0 Å². The zero-order valence-electron chi connectivity index (χ0n) is 12.8. The zero-order chi connectivity index (χ0) is 14.2. The Balaban J connectivity index is 1.85. The number of benzene rings is 1. The fraction of sp³-hybridized carbons (Fsp3) is 0.667. The van der Waals surface area contributed by atoms with Crippen LogP contribution in [0.1, 0.15) is 56.2 Å². The van der Waals surface area contributed by atoms with Crippen molar-refractivity contribution in [1.82, 2.24) is 5.32 Å². The molecule has 110 valence electrons. The quantitative estimate of drug-likeness (QED) is 0.863. The van der Waals surface area contributed by atoms with Crippen LogP contribution in [0.15, 0.2) is 18.2 Å². The van der Waals surface area contributed by atoms with Gasteiger partial charge in [-0.3, -0.25) is 0 Å². The van der Waals surface area contributed by atoms with E-state index >= 15 is 0 Å². The fourth-order valence-corrected chi connectivity index (χ4v) is 3.23. The molecule has 2 aliphatic carbocycles. The molecule has 0 amide bonds. The van der Waals surface area contributed by atoms with Crippen molar-refractivity contribution in [2.75, 3.05) is 6.54 Å². The predicted octanol–water partition coefficient (Wildman–Crippen LogP) is 3.16. The zero-order valence-corrected chi connectivity index (χ0v) is 12.8. The van der Waals surface area contributed by atoms with Gasteiger partial charge in [-0.1, -0.05) is 32.0 Å². The fourth-order valence-electron chi connectivity index (χ4n) is 3.23. The first-order valence-electron chi connectivity index (χ1n) is 8.17. The van der Waals surface area contributed by atoms with Gasteiger partial charge < -0.3 is 10.4 Å². The molecule has 2 aliphatic rings. The smallest absolute Gasteiger partial charge is 0.104 e. The van der Waals surface area contributed by atoms with Crippen molar-refractivity contribution in [3.8, 4) is 0 Å². The van der Waals surface area contributed by atoms with E-state index in [-0.39, 0.29) is 5.92 Å². The molecule has 1 fully saturated rings. The van der Waals surface area contributed by atoms with Gasteiger partial charge in [0.25, 0.3) is 0 Å². The molecule has 2 heteroatoms. The Labute approximate surface area is 122 Å². The van der Waals surface area contributed by atoms with Crippen molar-refractivity contribution in [2.45, 2.75) is 64.0 Å². The third-order valence-electron chi connectivity index (χ3n) is 5.04. The minimum atomic E-state index is -0.741. The van der Waals surface area contributed by atoms with E-state index < -0.39 is 5.60 Å². The number of rotatable bonds is 5. The van der Waals surface area contributed by atoms with Crippen molar-refractivity contribution in [2.24, 2.45) is 5.92 Å². The number of nitrogens with one attached hydrogen (secondary N) is 1. The van der Waals surface area contributed by atoms with Gasteiger partial charge in [-0.15, -0.1) is 0 Å². The van der Waals surface area contributed by atoms with Gasteiger partial charge in [0, 0.05) is 12.6 Å². The van der Waals surface area contributed by atoms with E-state index in [2.05, 4.69) is 37.4 Å². The summed E-state index contributed by atoms with van der Waals surface area (Å²) in [7, 11) is 0. The number of fused-ring (bicyclic) bond motifs is 1. The Morgan fingerprint density at radius 2 is 1.90 bits per heavy atom. The Kier molecular flexibility index (Phi) is 3.87. The lowest BCUT2D eigenvalue weighted by atomic mass is 9.80. The molecule has 3 rings (SSSR count). The minimum absolute atomic E-state index is 0.218. The maximum absolute atomic E-state index is 11.2. The van der Waals surface area contributed by atoms with Crippen LogP contribution in [-0.4, -0.2) is 17.7 Å². The van der Waals surface area contributed by atoms with E-state index in [1.807, 2.05) is 0 Å². The molecule has 0 saturated heterocycles. The predicted molar refractivity (Wildman–Crippen MR) is 82.8 cm³/mol. The Hall–Kier alpha value is -0.860. The van der Waals surface area contributed by atoms with Crippen LogP contribution < -0.4 is 5.32 Å². The summed E-state index contributed by atoms with van der Waals surface area (Å²) in [5, 5.41) is 14.7. The summed E-state index contributed by atoms with van der Waals surface area (Å²) in [5.41, 5.74) is 3.30. The molecule has 1 atom stereocenters. The number of hydrogen-bond acceptors (Lipinski definition) is 2. The van der Waals surface area contributed by atoms with Gasteiger partial charge in [0.2, 0.25) is 0 Å². The summed E-state index contributed by atoms with van der Waals surface area (Å²) in [6.45, 7) is 4.91. The van der Waals surface area contributed by atoms with E-state index in [0.717, 1.165) is 5.56 Å². The molecule has 1 unspecified atom stereocenters. The lowest BCUT2D eigenvalue weighted by molar-refractivity contribution is -0.00962. The molecule has 20 heavy (non-hydrogen) atoms. The molecule has 0 aliphatic heterocycles. The van der Waals surface area contributed by atoms with Gasteiger partial charge in [0.05, 0.1) is 0 Å². The summed E-state index contributed by atoms with van der Waals surface area (Å²) in [6, 6.07) is 7.30. The molecule has 1 aromatic carbocycles. The summed E-state index contributed by atoms with van der Waals surface area (Å²) >= 11 is 0. The highest BCUT2D eigenvalue weighted by Crippen LogP contribution is 2.33. The molecule has 0 radical (unpaired) electrons. The number of aryl methyl sites for hydroxylation is 2. The van der Waals surface area contributed by atoms with Gasteiger partial charge in [0.1, 0.15) is 5.60 Å². The molecule has 0 heterocycles. The summed E-state index contributed by atoms with van der Waals surface area (Å²) in [5.74, 6) is 0.218. The Bertz CT molecular complexity index is 478. The molecule has 1 saturated carbocycles. The maximum atomic E-state index is 11.2. The first-order chi connectivity index (χ1) is 9.59. The first kappa shape index (κ1) is 14.1. The maximum Gasteiger partial charge on any atom is 0.104 e. The molecule has 0 bridgehead atoms. The van der Waals surface area contributed by atoms with Crippen molar-refractivity contribution in [3.05, 3.63) is 34.9 Å². The van der Waals surface area contributed by atoms with Crippen LogP contribution >= 0.6 is 0 Å². The van der Waals surface area contributed by atoms with E-state index in [0.29, 0.717) is 12.6 Å². The lowest BCUT2D eigenvalue weighted by Gasteiger charge is -2.34. The summed E-state index contributed by atoms with van der Waals surface area (Å²) < 4.78 is 0. The van der Waals surface area contributed by atoms with Gasteiger partial charge in [0.15, 0.2) is 0 Å². The van der Waals surface area contributed by atoms with Crippen LogP contribution in [0.2, 0.25) is 0 Å². The van der Waals surface area contributed by atoms with Crippen molar-refractivity contribution in [1.29, 1.82) is 0 Å². The topological polar surface area (TPSA) is 32.3 Å². The van der Waals surface area contributed by atoms with Gasteiger partial charge in [-0.25, -0.2) is 0 Å². The van der Waals surface area contributed by atoms with E-state index in [1.54, 1.807) is 0 Å². The van der Waals surface area contributed by atoms with Crippen molar-refractivity contribution >= 4 is 0 Å². The monoisotopic (exact) mass is 273 g/mol. The largest absolute Gasteiger partial charge is 0.384 e. The number of aliphatic hydroxyl groups is 1. The highest BCUT2D eigenvalue weighted by Gasteiger charge is 2.35. The highest BCUT2D eigenvalue weighted by molar-refractivity contribution is 5.37. The summed E-state index contributed by atoms with van der Waals surface area (Å²) in [6.07, 6.45) is 7.50. The average molecular weight is 273 g/mol. The van der Waals surface area contributed by atoms with Gasteiger partial charge in [-0.2, -0.15) is 0 Å². The molecule has 0 spiro atoms. The summed E-state index contributed by atoms with van der Waals surface area (Å²) in [4.78, 5) is 0. The Morgan fingerprint density at radius 3 is 2.55 bits per heavy atom. The minimum Gasteiger partial charge on any atom is -0.384 e. The van der Waals surface area contributed by atoms with Gasteiger partial charge in [-0.05, 0) is 61.1 Å². The van der Waals surface area contributed by atoms with E-state index in [4.69, 9.17) is 0 Å². The normalized spacial score (nSPS) is 21.6. The SMILES string of the molecule is CC(C)C(O)(CNC1CC1)c1ccc2c(c1)CCCC2. The highest BCUT2D eigenvalue weighted by atomic mass is 16.3. The molecule has 1 aromatic rings. The molecular formula is C18H27NO. The lowest BCUT2D eigenvalue weighted by Crippen LogP contribution is -2.43.